The van der Waals surface area contributed by atoms with Crippen molar-refractivity contribution in [3.63, 3.8) is 0 Å². The molecule has 1 aromatic rings. The number of hydrogen-bond acceptors (Lipinski definition) is 2. The summed E-state index contributed by atoms with van der Waals surface area (Å²) in [7, 11) is 0. The quantitative estimate of drug-likeness (QED) is 0.849. The highest BCUT2D eigenvalue weighted by Crippen LogP contribution is 2.50. The van der Waals surface area contributed by atoms with E-state index in [1.54, 1.807) is 0 Å². The van der Waals surface area contributed by atoms with E-state index < -0.39 is 29.5 Å². The van der Waals surface area contributed by atoms with E-state index in [0.29, 0.717) is 0 Å². The molecule has 1 saturated carbocycles. The number of pyridine rings is 1. The van der Waals surface area contributed by atoms with E-state index >= 15 is 0 Å². The molecular weight excluding hydrogens is 223 g/mol. The third-order valence-corrected chi connectivity index (χ3v) is 2.67. The lowest BCUT2D eigenvalue weighted by atomic mass is 10.0. The highest BCUT2D eigenvalue weighted by molar-refractivity contribution is 5.75. The van der Waals surface area contributed by atoms with Crippen LogP contribution in [0.5, 0.6) is 0 Å². The molecule has 0 amide bonds. The standard InChI is InChI=1S/C10H8F3NO2/c11-10(12,13)8-4-14-2-1-5(8)6-3-7(6)9(15)16/h1-2,4,6-7H,3H2,(H,15,16)/t6-,7+/m0/s1. The van der Waals surface area contributed by atoms with Crippen LogP contribution in [-0.4, -0.2) is 16.1 Å². The van der Waals surface area contributed by atoms with Crippen LogP contribution in [0.3, 0.4) is 0 Å². The molecule has 0 bridgehead atoms. The lowest BCUT2D eigenvalue weighted by Gasteiger charge is -2.11. The van der Waals surface area contributed by atoms with Crippen molar-refractivity contribution in [3.05, 3.63) is 29.6 Å². The minimum Gasteiger partial charge on any atom is -0.481 e. The summed E-state index contributed by atoms with van der Waals surface area (Å²) in [5.74, 6) is -2.27. The number of hydrogen-bond donors (Lipinski definition) is 1. The van der Waals surface area contributed by atoms with Crippen LogP contribution in [0.25, 0.3) is 0 Å². The van der Waals surface area contributed by atoms with E-state index in [9.17, 15) is 18.0 Å². The van der Waals surface area contributed by atoms with E-state index in [4.69, 9.17) is 5.11 Å². The van der Waals surface area contributed by atoms with Gasteiger partial charge >= 0.3 is 12.1 Å². The molecular formula is C10H8F3NO2. The van der Waals surface area contributed by atoms with E-state index in [-0.39, 0.29) is 12.0 Å². The molecule has 2 rings (SSSR count). The molecule has 1 N–H and O–H groups in total. The van der Waals surface area contributed by atoms with Gasteiger partial charge in [-0.25, -0.2) is 0 Å². The molecule has 0 radical (unpaired) electrons. The molecule has 16 heavy (non-hydrogen) atoms. The first-order valence-electron chi connectivity index (χ1n) is 4.65. The van der Waals surface area contributed by atoms with Crippen molar-refractivity contribution in [2.45, 2.75) is 18.5 Å². The fourth-order valence-corrected chi connectivity index (χ4v) is 1.78. The molecule has 1 heterocycles. The fourth-order valence-electron chi connectivity index (χ4n) is 1.78. The Morgan fingerprint density at radius 1 is 1.50 bits per heavy atom. The van der Waals surface area contributed by atoms with Gasteiger partial charge in [0.2, 0.25) is 0 Å². The van der Waals surface area contributed by atoms with Gasteiger partial charge in [0, 0.05) is 12.4 Å². The number of rotatable bonds is 2. The number of halogens is 3. The molecule has 86 valence electrons. The van der Waals surface area contributed by atoms with Crippen molar-refractivity contribution in [3.8, 4) is 0 Å². The summed E-state index contributed by atoms with van der Waals surface area (Å²) in [4.78, 5) is 14.0. The number of carbonyl (C=O) groups is 1. The van der Waals surface area contributed by atoms with Gasteiger partial charge in [0.15, 0.2) is 0 Å². The lowest BCUT2D eigenvalue weighted by Crippen LogP contribution is -2.10. The largest absolute Gasteiger partial charge is 0.481 e. The van der Waals surface area contributed by atoms with Gasteiger partial charge in [0.25, 0.3) is 0 Å². The highest BCUT2D eigenvalue weighted by Gasteiger charge is 2.48. The van der Waals surface area contributed by atoms with Crippen molar-refractivity contribution in [2.75, 3.05) is 0 Å². The van der Waals surface area contributed by atoms with Crippen molar-refractivity contribution < 1.29 is 23.1 Å². The lowest BCUT2D eigenvalue weighted by molar-refractivity contribution is -0.140. The average molecular weight is 231 g/mol. The first-order chi connectivity index (χ1) is 7.41. The summed E-state index contributed by atoms with van der Waals surface area (Å²) in [6.07, 6.45) is -2.22. The third-order valence-electron chi connectivity index (χ3n) is 2.67. The molecule has 0 saturated heterocycles. The summed E-state index contributed by atoms with van der Waals surface area (Å²) in [6.45, 7) is 0. The summed E-state index contributed by atoms with van der Waals surface area (Å²) in [5, 5.41) is 8.68. The van der Waals surface area contributed by atoms with Crippen LogP contribution in [-0.2, 0) is 11.0 Å². The summed E-state index contributed by atoms with van der Waals surface area (Å²) in [6, 6.07) is 1.25. The monoisotopic (exact) mass is 231 g/mol. The van der Waals surface area contributed by atoms with Gasteiger partial charge in [-0.2, -0.15) is 13.2 Å². The van der Waals surface area contributed by atoms with Gasteiger partial charge in [0.05, 0.1) is 11.5 Å². The molecule has 0 unspecified atom stereocenters. The van der Waals surface area contributed by atoms with Crippen LogP contribution in [0.1, 0.15) is 23.5 Å². The summed E-state index contributed by atoms with van der Waals surface area (Å²) < 4.78 is 37.7. The van der Waals surface area contributed by atoms with Crippen molar-refractivity contribution >= 4 is 5.97 Å². The average Bonchev–Trinajstić information content (AvgIpc) is 2.95. The third kappa shape index (κ3) is 1.87. The minimum atomic E-state index is -4.48. The molecule has 2 atom stereocenters. The molecule has 0 aliphatic heterocycles. The molecule has 1 aliphatic rings. The molecule has 0 spiro atoms. The second-order valence-corrected chi connectivity index (χ2v) is 3.75. The van der Waals surface area contributed by atoms with Crippen molar-refractivity contribution in [1.29, 1.82) is 0 Å². The Morgan fingerprint density at radius 3 is 2.69 bits per heavy atom. The van der Waals surface area contributed by atoms with Crippen LogP contribution in [0.4, 0.5) is 13.2 Å². The predicted molar refractivity (Wildman–Crippen MR) is 47.7 cm³/mol. The van der Waals surface area contributed by atoms with E-state index in [0.717, 1.165) is 6.20 Å². The molecule has 1 aliphatic carbocycles. The molecule has 3 nitrogen and oxygen atoms in total. The SMILES string of the molecule is O=C(O)[C@@H]1C[C@H]1c1ccncc1C(F)(F)F. The van der Waals surface area contributed by atoms with Crippen molar-refractivity contribution in [2.24, 2.45) is 5.92 Å². The van der Waals surface area contributed by atoms with Gasteiger partial charge < -0.3 is 5.11 Å². The summed E-state index contributed by atoms with van der Waals surface area (Å²) in [5.41, 5.74) is -0.793. The van der Waals surface area contributed by atoms with E-state index in [1.807, 2.05) is 0 Å². The van der Waals surface area contributed by atoms with Gasteiger partial charge in [-0.3, -0.25) is 9.78 Å². The normalized spacial score (nSPS) is 24.2. The molecule has 6 heteroatoms. The topological polar surface area (TPSA) is 50.2 Å². The molecule has 1 fully saturated rings. The first kappa shape index (κ1) is 10.9. The number of carboxylic acids is 1. The van der Waals surface area contributed by atoms with E-state index in [1.165, 1.54) is 12.3 Å². The second-order valence-electron chi connectivity index (χ2n) is 3.75. The van der Waals surface area contributed by atoms with Gasteiger partial charge in [0.1, 0.15) is 0 Å². The van der Waals surface area contributed by atoms with Crippen LogP contribution in [0.2, 0.25) is 0 Å². The van der Waals surface area contributed by atoms with E-state index in [2.05, 4.69) is 4.98 Å². The number of aromatic nitrogens is 1. The Labute approximate surface area is 88.9 Å². The first-order valence-corrected chi connectivity index (χ1v) is 4.65. The summed E-state index contributed by atoms with van der Waals surface area (Å²) >= 11 is 0. The Morgan fingerprint density at radius 2 is 2.19 bits per heavy atom. The number of nitrogens with zero attached hydrogens (tertiary/aromatic N) is 1. The van der Waals surface area contributed by atoms with Crippen LogP contribution >= 0.6 is 0 Å². The van der Waals surface area contributed by atoms with Gasteiger partial charge in [-0.15, -0.1) is 0 Å². The zero-order chi connectivity index (χ0) is 11.9. The maximum absolute atomic E-state index is 12.6. The zero-order valence-corrected chi connectivity index (χ0v) is 8.03. The zero-order valence-electron chi connectivity index (χ0n) is 8.03. The maximum Gasteiger partial charge on any atom is 0.418 e. The Balaban J connectivity index is 2.33. The number of carboxylic acid groups (broad SMARTS) is 1. The Hall–Kier alpha value is -1.59. The predicted octanol–water partition coefficient (Wildman–Crippen LogP) is 2.29. The van der Waals surface area contributed by atoms with Gasteiger partial charge in [-0.05, 0) is 24.0 Å². The van der Waals surface area contributed by atoms with Crippen LogP contribution < -0.4 is 0 Å². The Kier molecular flexibility index (Phi) is 2.36. The molecule has 0 aromatic carbocycles. The number of aliphatic carboxylic acids is 1. The van der Waals surface area contributed by atoms with Crippen molar-refractivity contribution in [1.82, 2.24) is 4.98 Å². The number of alkyl halides is 3. The minimum absolute atomic E-state index is 0.0369. The maximum atomic E-state index is 12.6. The highest BCUT2D eigenvalue weighted by atomic mass is 19.4. The van der Waals surface area contributed by atoms with Crippen LogP contribution in [0, 0.1) is 5.92 Å². The smallest absolute Gasteiger partial charge is 0.418 e. The van der Waals surface area contributed by atoms with Crippen LogP contribution in [0.15, 0.2) is 18.5 Å². The molecule has 1 aromatic heterocycles. The fraction of sp³-hybridized carbons (Fsp3) is 0.400. The van der Waals surface area contributed by atoms with Gasteiger partial charge in [-0.1, -0.05) is 0 Å². The second kappa shape index (κ2) is 3.47. The Bertz CT molecular complexity index is 430.